The summed E-state index contributed by atoms with van der Waals surface area (Å²) in [4.78, 5) is 4.35. The van der Waals surface area contributed by atoms with Crippen LogP contribution < -0.4 is 4.74 Å². The van der Waals surface area contributed by atoms with Gasteiger partial charge in [-0.05, 0) is 24.8 Å². The van der Waals surface area contributed by atoms with Crippen molar-refractivity contribution in [1.82, 2.24) is 4.98 Å². The van der Waals surface area contributed by atoms with Gasteiger partial charge in [-0.1, -0.05) is 18.9 Å². The molecule has 0 aliphatic heterocycles. The monoisotopic (exact) mass is 225 g/mol. The first kappa shape index (κ1) is 10.7. The van der Waals surface area contributed by atoms with Crippen molar-refractivity contribution in [2.75, 3.05) is 6.61 Å². The summed E-state index contributed by atoms with van der Waals surface area (Å²) in [6.45, 7) is 2.75. The van der Waals surface area contributed by atoms with Crippen LogP contribution in [0.25, 0.3) is 0 Å². The summed E-state index contributed by atoms with van der Waals surface area (Å²) in [5.41, 5.74) is 2.04. The zero-order valence-electron chi connectivity index (χ0n) is 9.00. The van der Waals surface area contributed by atoms with Crippen LogP contribution in [0.5, 0.6) is 5.88 Å². The highest BCUT2D eigenvalue weighted by atomic mass is 35.5. The van der Waals surface area contributed by atoms with E-state index in [0.717, 1.165) is 36.1 Å². The maximum absolute atomic E-state index is 5.76. The molecule has 2 rings (SSSR count). The number of aryl methyl sites for hydroxylation is 1. The fourth-order valence-electron chi connectivity index (χ4n) is 1.53. The van der Waals surface area contributed by atoms with E-state index in [1.165, 1.54) is 12.8 Å². The van der Waals surface area contributed by atoms with Crippen LogP contribution in [0.3, 0.4) is 0 Å². The van der Waals surface area contributed by atoms with Crippen LogP contribution >= 0.6 is 11.6 Å². The lowest BCUT2D eigenvalue weighted by molar-refractivity contribution is 0.290. The van der Waals surface area contributed by atoms with Crippen molar-refractivity contribution >= 4 is 11.6 Å². The molecule has 1 saturated carbocycles. The number of nitrogens with zero attached hydrogens (tertiary/aromatic N) is 1. The Labute approximate surface area is 95.6 Å². The molecule has 0 N–H and O–H groups in total. The number of ether oxygens (including phenoxy) is 1. The van der Waals surface area contributed by atoms with Crippen LogP contribution in [0.4, 0.5) is 0 Å². The van der Waals surface area contributed by atoms with Crippen LogP contribution in [-0.2, 0) is 5.88 Å². The molecule has 1 aliphatic carbocycles. The van der Waals surface area contributed by atoms with E-state index in [4.69, 9.17) is 16.3 Å². The van der Waals surface area contributed by atoms with Crippen molar-refractivity contribution < 1.29 is 4.74 Å². The zero-order chi connectivity index (χ0) is 10.7. The molecule has 0 bridgehead atoms. The van der Waals surface area contributed by atoms with Crippen LogP contribution in [0.1, 0.15) is 30.5 Å². The molecule has 1 heterocycles. The molecular formula is C12H16ClNO. The molecule has 0 unspecified atom stereocenters. The van der Waals surface area contributed by atoms with Crippen LogP contribution in [0, 0.1) is 12.8 Å². The molecule has 0 amide bonds. The summed E-state index contributed by atoms with van der Waals surface area (Å²) in [6.07, 6.45) is 3.92. The topological polar surface area (TPSA) is 22.1 Å². The van der Waals surface area contributed by atoms with Gasteiger partial charge in [0.1, 0.15) is 0 Å². The van der Waals surface area contributed by atoms with E-state index < -0.39 is 0 Å². The Morgan fingerprint density at radius 1 is 1.47 bits per heavy atom. The van der Waals surface area contributed by atoms with Gasteiger partial charge in [0, 0.05) is 17.6 Å². The molecule has 0 radical (unpaired) electrons. The predicted octanol–water partition coefficient (Wildman–Crippen LogP) is 3.31. The molecule has 3 heteroatoms. The number of rotatable bonds is 5. The first-order valence-corrected chi connectivity index (χ1v) is 5.98. The SMILES string of the molecule is Cc1nc(OCCC2CC2)ccc1CCl. The maximum atomic E-state index is 5.76. The largest absolute Gasteiger partial charge is 0.478 e. The summed E-state index contributed by atoms with van der Waals surface area (Å²) in [5.74, 6) is 2.15. The van der Waals surface area contributed by atoms with E-state index in [1.54, 1.807) is 0 Å². The molecule has 82 valence electrons. The quantitative estimate of drug-likeness (QED) is 0.718. The number of hydrogen-bond donors (Lipinski definition) is 0. The first-order valence-electron chi connectivity index (χ1n) is 5.45. The molecule has 1 aliphatic rings. The number of pyridine rings is 1. The number of aromatic nitrogens is 1. The van der Waals surface area contributed by atoms with Crippen molar-refractivity contribution in [3.05, 3.63) is 23.4 Å². The Morgan fingerprint density at radius 3 is 2.87 bits per heavy atom. The third-order valence-corrected chi connectivity index (χ3v) is 3.07. The molecular weight excluding hydrogens is 210 g/mol. The lowest BCUT2D eigenvalue weighted by atomic mass is 10.2. The third-order valence-electron chi connectivity index (χ3n) is 2.79. The van der Waals surface area contributed by atoms with Gasteiger partial charge in [-0.15, -0.1) is 11.6 Å². The van der Waals surface area contributed by atoms with E-state index in [9.17, 15) is 0 Å². The second kappa shape index (κ2) is 4.84. The molecule has 0 spiro atoms. The molecule has 1 aromatic heterocycles. The Bertz CT molecular complexity index is 336. The lowest BCUT2D eigenvalue weighted by Gasteiger charge is -2.07. The number of alkyl halides is 1. The van der Waals surface area contributed by atoms with E-state index >= 15 is 0 Å². The first-order chi connectivity index (χ1) is 7.29. The minimum absolute atomic E-state index is 0.515. The fourth-order valence-corrected chi connectivity index (χ4v) is 1.81. The second-order valence-corrected chi connectivity index (χ2v) is 4.38. The minimum atomic E-state index is 0.515. The van der Waals surface area contributed by atoms with E-state index in [2.05, 4.69) is 4.98 Å². The summed E-state index contributed by atoms with van der Waals surface area (Å²) in [5, 5.41) is 0. The molecule has 0 atom stereocenters. The van der Waals surface area contributed by atoms with Crippen molar-refractivity contribution in [2.24, 2.45) is 5.92 Å². The van der Waals surface area contributed by atoms with Gasteiger partial charge in [-0.25, -0.2) is 4.98 Å². The average molecular weight is 226 g/mol. The third kappa shape index (κ3) is 3.10. The molecule has 1 fully saturated rings. The molecule has 2 nitrogen and oxygen atoms in total. The summed E-state index contributed by atoms with van der Waals surface area (Å²) in [7, 11) is 0. The van der Waals surface area contributed by atoms with Gasteiger partial charge in [0.15, 0.2) is 0 Å². The standard InChI is InChI=1S/C12H16ClNO/c1-9-11(8-13)4-5-12(14-9)15-7-6-10-2-3-10/h4-5,10H,2-3,6-8H2,1H3. The average Bonchev–Trinajstić information content (AvgIpc) is 3.02. The minimum Gasteiger partial charge on any atom is -0.478 e. The predicted molar refractivity (Wildman–Crippen MR) is 61.4 cm³/mol. The van der Waals surface area contributed by atoms with Gasteiger partial charge in [-0.3, -0.25) is 0 Å². The van der Waals surface area contributed by atoms with Gasteiger partial charge in [0.05, 0.1) is 6.61 Å². The second-order valence-electron chi connectivity index (χ2n) is 4.11. The van der Waals surface area contributed by atoms with Gasteiger partial charge in [-0.2, -0.15) is 0 Å². The summed E-state index contributed by atoms with van der Waals surface area (Å²) >= 11 is 5.76. The van der Waals surface area contributed by atoms with E-state index in [0.29, 0.717) is 5.88 Å². The van der Waals surface area contributed by atoms with E-state index in [-0.39, 0.29) is 0 Å². The maximum Gasteiger partial charge on any atom is 0.213 e. The highest BCUT2D eigenvalue weighted by Crippen LogP contribution is 2.32. The molecule has 15 heavy (non-hydrogen) atoms. The number of hydrogen-bond acceptors (Lipinski definition) is 2. The van der Waals surface area contributed by atoms with Crippen LogP contribution in [0.2, 0.25) is 0 Å². The van der Waals surface area contributed by atoms with Crippen molar-refractivity contribution in [1.29, 1.82) is 0 Å². The smallest absolute Gasteiger partial charge is 0.213 e. The number of halogens is 1. The lowest BCUT2D eigenvalue weighted by Crippen LogP contribution is -2.01. The highest BCUT2D eigenvalue weighted by Gasteiger charge is 2.20. The summed E-state index contributed by atoms with van der Waals surface area (Å²) < 4.78 is 5.58. The van der Waals surface area contributed by atoms with Gasteiger partial charge >= 0.3 is 0 Å². The zero-order valence-corrected chi connectivity index (χ0v) is 9.76. The Morgan fingerprint density at radius 2 is 2.27 bits per heavy atom. The van der Waals surface area contributed by atoms with Crippen LogP contribution in [-0.4, -0.2) is 11.6 Å². The fraction of sp³-hybridized carbons (Fsp3) is 0.583. The molecule has 0 saturated heterocycles. The highest BCUT2D eigenvalue weighted by molar-refractivity contribution is 6.17. The Kier molecular flexibility index (Phi) is 3.47. The van der Waals surface area contributed by atoms with Gasteiger partial charge < -0.3 is 4.74 Å². The normalized spacial score (nSPS) is 15.3. The van der Waals surface area contributed by atoms with Crippen molar-refractivity contribution in [3.8, 4) is 5.88 Å². The van der Waals surface area contributed by atoms with Crippen molar-refractivity contribution in [3.63, 3.8) is 0 Å². The summed E-state index contributed by atoms with van der Waals surface area (Å²) in [6, 6.07) is 3.89. The van der Waals surface area contributed by atoms with Crippen LogP contribution in [0.15, 0.2) is 12.1 Å². The van der Waals surface area contributed by atoms with Crippen molar-refractivity contribution in [2.45, 2.75) is 32.1 Å². The van der Waals surface area contributed by atoms with Gasteiger partial charge in [0.2, 0.25) is 5.88 Å². The molecule has 0 aromatic carbocycles. The molecule has 1 aromatic rings. The van der Waals surface area contributed by atoms with Gasteiger partial charge in [0.25, 0.3) is 0 Å². The van der Waals surface area contributed by atoms with E-state index in [1.807, 2.05) is 19.1 Å². The Balaban J connectivity index is 1.87. The Hall–Kier alpha value is -0.760.